The number of carbonyl (C=O) groups is 1. The van der Waals surface area contributed by atoms with Crippen molar-refractivity contribution in [3.63, 3.8) is 0 Å². The van der Waals surface area contributed by atoms with E-state index >= 15 is 0 Å². The lowest BCUT2D eigenvalue weighted by Crippen LogP contribution is -2.02. The van der Waals surface area contributed by atoms with Crippen molar-refractivity contribution in [2.75, 3.05) is 14.2 Å². The minimum atomic E-state index is -1.33. The van der Waals surface area contributed by atoms with Crippen LogP contribution >= 0.6 is 11.6 Å². The Morgan fingerprint density at radius 2 is 2.00 bits per heavy atom. The molecular formula is C9H9ClO5. The van der Waals surface area contributed by atoms with E-state index in [1.165, 1.54) is 14.2 Å². The van der Waals surface area contributed by atoms with E-state index in [2.05, 4.69) is 0 Å². The van der Waals surface area contributed by atoms with Gasteiger partial charge in [0.15, 0.2) is 5.75 Å². The van der Waals surface area contributed by atoms with Crippen molar-refractivity contribution in [1.29, 1.82) is 0 Å². The number of hydrogen-bond acceptors (Lipinski definition) is 4. The van der Waals surface area contributed by atoms with Gasteiger partial charge in [-0.3, -0.25) is 0 Å². The number of rotatable bonds is 3. The summed E-state index contributed by atoms with van der Waals surface area (Å²) in [5, 5.41) is 18.3. The molecule has 2 N–H and O–H groups in total. The molecule has 15 heavy (non-hydrogen) atoms. The zero-order valence-electron chi connectivity index (χ0n) is 8.07. The van der Waals surface area contributed by atoms with Gasteiger partial charge in [-0.1, -0.05) is 11.6 Å². The van der Waals surface area contributed by atoms with Crippen LogP contribution in [0.5, 0.6) is 17.2 Å². The van der Waals surface area contributed by atoms with Crippen molar-refractivity contribution >= 4 is 17.6 Å². The summed E-state index contributed by atoms with van der Waals surface area (Å²) < 4.78 is 9.65. The predicted octanol–water partition coefficient (Wildman–Crippen LogP) is 1.76. The Balaban J connectivity index is 3.53. The van der Waals surface area contributed by atoms with Gasteiger partial charge in [0.1, 0.15) is 22.1 Å². The molecule has 0 saturated heterocycles. The molecule has 0 bridgehead atoms. The standard InChI is InChI=1S/C9H9ClO5/c1-14-5-3-4(11)6(9(12)13)8(15-2)7(5)10/h3,11H,1-2H3,(H,12,13). The molecule has 0 aliphatic heterocycles. The molecular weight excluding hydrogens is 224 g/mol. The van der Waals surface area contributed by atoms with E-state index in [9.17, 15) is 9.90 Å². The Kier molecular flexibility index (Phi) is 3.26. The molecule has 0 spiro atoms. The Bertz CT molecular complexity index is 402. The minimum Gasteiger partial charge on any atom is -0.507 e. The summed E-state index contributed by atoms with van der Waals surface area (Å²) in [7, 11) is 2.60. The second kappa shape index (κ2) is 4.27. The minimum absolute atomic E-state index is 0.00944. The number of hydrogen-bond donors (Lipinski definition) is 2. The summed E-state index contributed by atoms with van der Waals surface area (Å²) in [6, 6.07) is 1.12. The average molecular weight is 233 g/mol. The summed E-state index contributed by atoms with van der Waals surface area (Å²) in [4.78, 5) is 10.8. The van der Waals surface area contributed by atoms with E-state index in [0.29, 0.717) is 0 Å². The first kappa shape index (κ1) is 11.5. The predicted molar refractivity (Wildman–Crippen MR) is 53.2 cm³/mol. The van der Waals surface area contributed by atoms with Crippen molar-refractivity contribution < 1.29 is 24.5 Å². The number of benzene rings is 1. The normalized spacial score (nSPS) is 9.80. The van der Waals surface area contributed by atoms with E-state index in [1.807, 2.05) is 0 Å². The van der Waals surface area contributed by atoms with Gasteiger partial charge in [0.25, 0.3) is 0 Å². The van der Waals surface area contributed by atoms with Crippen molar-refractivity contribution in [2.45, 2.75) is 0 Å². The molecule has 1 aromatic carbocycles. The summed E-state index contributed by atoms with van der Waals surface area (Å²) >= 11 is 5.81. The maximum atomic E-state index is 10.8. The lowest BCUT2D eigenvalue weighted by molar-refractivity contribution is 0.0690. The number of methoxy groups -OCH3 is 2. The fraction of sp³-hybridized carbons (Fsp3) is 0.222. The molecule has 1 aromatic rings. The summed E-state index contributed by atoms with van der Waals surface area (Å²) in [6.07, 6.45) is 0. The molecule has 5 nitrogen and oxygen atoms in total. The molecule has 0 amide bonds. The quantitative estimate of drug-likeness (QED) is 0.831. The number of ether oxygens (including phenoxy) is 2. The van der Waals surface area contributed by atoms with E-state index < -0.39 is 11.7 Å². The molecule has 0 fully saturated rings. The van der Waals surface area contributed by atoms with Gasteiger partial charge in [0.2, 0.25) is 0 Å². The van der Waals surface area contributed by atoms with Gasteiger partial charge < -0.3 is 19.7 Å². The second-order valence-electron chi connectivity index (χ2n) is 2.63. The zero-order valence-corrected chi connectivity index (χ0v) is 8.83. The Morgan fingerprint density at radius 3 is 2.40 bits per heavy atom. The van der Waals surface area contributed by atoms with Crippen LogP contribution in [0.2, 0.25) is 5.02 Å². The number of carboxylic acid groups (broad SMARTS) is 1. The van der Waals surface area contributed by atoms with Gasteiger partial charge in [-0.05, 0) is 0 Å². The Morgan fingerprint density at radius 1 is 1.40 bits per heavy atom. The van der Waals surface area contributed by atoms with Crippen LogP contribution < -0.4 is 9.47 Å². The van der Waals surface area contributed by atoms with E-state index in [-0.39, 0.29) is 22.1 Å². The lowest BCUT2D eigenvalue weighted by Gasteiger charge is -2.12. The van der Waals surface area contributed by atoms with Gasteiger partial charge in [-0.25, -0.2) is 4.79 Å². The first-order valence-corrected chi connectivity index (χ1v) is 4.27. The maximum Gasteiger partial charge on any atom is 0.343 e. The third-order valence-electron chi connectivity index (χ3n) is 1.80. The van der Waals surface area contributed by atoms with Crippen molar-refractivity contribution in [3.05, 3.63) is 16.7 Å². The zero-order chi connectivity index (χ0) is 11.6. The van der Waals surface area contributed by atoms with Crippen molar-refractivity contribution in [3.8, 4) is 17.2 Å². The van der Waals surface area contributed by atoms with Gasteiger partial charge in [-0.2, -0.15) is 0 Å². The average Bonchev–Trinajstić information content (AvgIpc) is 2.19. The van der Waals surface area contributed by atoms with Crippen LogP contribution in [0, 0.1) is 0 Å². The first-order chi connectivity index (χ1) is 7.02. The van der Waals surface area contributed by atoms with Gasteiger partial charge in [0, 0.05) is 6.07 Å². The van der Waals surface area contributed by atoms with Gasteiger partial charge in [0.05, 0.1) is 14.2 Å². The highest BCUT2D eigenvalue weighted by Gasteiger charge is 2.23. The van der Waals surface area contributed by atoms with E-state index in [1.54, 1.807) is 0 Å². The molecule has 0 aliphatic rings. The number of aromatic carboxylic acids is 1. The lowest BCUT2D eigenvalue weighted by atomic mass is 10.1. The van der Waals surface area contributed by atoms with Crippen molar-refractivity contribution in [2.24, 2.45) is 0 Å². The van der Waals surface area contributed by atoms with Crippen LogP contribution in [0.4, 0.5) is 0 Å². The van der Waals surface area contributed by atoms with Gasteiger partial charge >= 0.3 is 5.97 Å². The van der Waals surface area contributed by atoms with Gasteiger partial charge in [-0.15, -0.1) is 0 Å². The highest BCUT2D eigenvalue weighted by molar-refractivity contribution is 6.34. The molecule has 0 heterocycles. The number of aromatic hydroxyl groups is 1. The Hall–Kier alpha value is -1.62. The smallest absolute Gasteiger partial charge is 0.343 e. The molecule has 0 radical (unpaired) electrons. The van der Waals surface area contributed by atoms with Crippen molar-refractivity contribution in [1.82, 2.24) is 0 Å². The second-order valence-corrected chi connectivity index (χ2v) is 3.00. The van der Waals surface area contributed by atoms with Crippen LogP contribution in [0.1, 0.15) is 10.4 Å². The largest absolute Gasteiger partial charge is 0.507 e. The third kappa shape index (κ3) is 1.92. The SMILES string of the molecule is COc1cc(O)c(C(=O)O)c(OC)c1Cl. The number of halogens is 1. The molecule has 0 atom stereocenters. The van der Waals surface area contributed by atoms with Crippen LogP contribution in [-0.4, -0.2) is 30.4 Å². The van der Waals surface area contributed by atoms with Crippen LogP contribution in [-0.2, 0) is 0 Å². The van der Waals surface area contributed by atoms with Crippen LogP contribution in [0.3, 0.4) is 0 Å². The monoisotopic (exact) mass is 232 g/mol. The molecule has 0 aromatic heterocycles. The summed E-state index contributed by atoms with van der Waals surface area (Å²) in [6.45, 7) is 0. The summed E-state index contributed by atoms with van der Waals surface area (Å²) in [5.74, 6) is -1.76. The first-order valence-electron chi connectivity index (χ1n) is 3.89. The van der Waals surface area contributed by atoms with Crippen LogP contribution in [0.15, 0.2) is 6.07 Å². The molecule has 0 aliphatic carbocycles. The van der Waals surface area contributed by atoms with Crippen LogP contribution in [0.25, 0.3) is 0 Å². The van der Waals surface area contributed by atoms with E-state index in [0.717, 1.165) is 6.07 Å². The van der Waals surface area contributed by atoms with E-state index in [4.69, 9.17) is 26.2 Å². The fourth-order valence-electron chi connectivity index (χ4n) is 1.14. The number of carboxylic acids is 1. The Labute approximate surface area is 90.8 Å². The topological polar surface area (TPSA) is 76.0 Å². The third-order valence-corrected chi connectivity index (χ3v) is 2.16. The molecule has 6 heteroatoms. The number of phenols is 1. The molecule has 1 rings (SSSR count). The maximum absolute atomic E-state index is 10.8. The molecule has 0 saturated carbocycles. The summed E-state index contributed by atoms with van der Waals surface area (Å²) in [5.41, 5.74) is -0.386. The fourth-order valence-corrected chi connectivity index (χ4v) is 1.45. The highest BCUT2D eigenvalue weighted by atomic mass is 35.5. The molecule has 0 unspecified atom stereocenters. The molecule has 82 valence electrons. The highest BCUT2D eigenvalue weighted by Crippen LogP contribution is 2.41.